The van der Waals surface area contributed by atoms with Crippen molar-refractivity contribution < 1.29 is 4.79 Å². The molecule has 1 aliphatic heterocycles. The molecule has 0 spiro atoms. The average Bonchev–Trinajstić information content (AvgIpc) is 2.81. The summed E-state index contributed by atoms with van der Waals surface area (Å²) in [7, 11) is 0. The van der Waals surface area contributed by atoms with Gasteiger partial charge in [0.2, 0.25) is 0 Å². The first-order valence-electron chi connectivity index (χ1n) is 7.56. The fourth-order valence-corrected chi connectivity index (χ4v) is 2.68. The maximum Gasteiger partial charge on any atom is 0.276 e. The molecule has 1 fully saturated rings. The van der Waals surface area contributed by atoms with E-state index >= 15 is 0 Å². The number of likely N-dealkylation sites (tertiary alicyclic amines) is 1. The number of amides is 1. The molecule has 0 unspecified atom stereocenters. The van der Waals surface area contributed by atoms with E-state index in [1.54, 1.807) is 10.9 Å². The van der Waals surface area contributed by atoms with Crippen LogP contribution in [-0.4, -0.2) is 38.9 Å². The molecule has 1 aromatic heterocycles. The highest BCUT2D eigenvalue weighted by Gasteiger charge is 2.20. The summed E-state index contributed by atoms with van der Waals surface area (Å²) in [5.74, 6) is 0.0104. The van der Waals surface area contributed by atoms with Gasteiger partial charge in [0, 0.05) is 13.1 Å². The molecule has 0 saturated carbocycles. The second kappa shape index (κ2) is 6.52. The van der Waals surface area contributed by atoms with Crippen LogP contribution in [0.5, 0.6) is 0 Å². The first-order chi connectivity index (χ1) is 10.3. The number of carbonyl (C=O) groups excluding carboxylic acids is 1. The molecule has 0 radical (unpaired) electrons. The van der Waals surface area contributed by atoms with Gasteiger partial charge in [-0.1, -0.05) is 48.4 Å². The van der Waals surface area contributed by atoms with E-state index in [0.717, 1.165) is 31.5 Å². The van der Waals surface area contributed by atoms with E-state index in [1.807, 2.05) is 35.2 Å². The first-order valence-corrected chi connectivity index (χ1v) is 7.56. The van der Waals surface area contributed by atoms with Crippen molar-refractivity contribution in [2.75, 3.05) is 13.1 Å². The molecular formula is C16H20N4O. The summed E-state index contributed by atoms with van der Waals surface area (Å²) >= 11 is 0. The van der Waals surface area contributed by atoms with Crippen molar-refractivity contribution in [1.29, 1.82) is 0 Å². The molecule has 2 aromatic rings. The van der Waals surface area contributed by atoms with E-state index in [0.29, 0.717) is 12.2 Å². The van der Waals surface area contributed by atoms with Crippen LogP contribution in [0.3, 0.4) is 0 Å². The Morgan fingerprint density at radius 3 is 2.48 bits per heavy atom. The molecule has 0 atom stereocenters. The highest BCUT2D eigenvalue weighted by molar-refractivity contribution is 5.91. The Hall–Kier alpha value is -2.17. The minimum absolute atomic E-state index is 0.0104. The van der Waals surface area contributed by atoms with E-state index in [1.165, 1.54) is 12.8 Å². The van der Waals surface area contributed by atoms with E-state index in [4.69, 9.17) is 0 Å². The topological polar surface area (TPSA) is 51.0 Å². The fourth-order valence-electron chi connectivity index (χ4n) is 2.68. The number of hydrogen-bond donors (Lipinski definition) is 0. The number of carbonyl (C=O) groups is 1. The number of nitrogens with zero attached hydrogens (tertiary/aromatic N) is 4. The predicted octanol–water partition coefficient (Wildman–Crippen LogP) is 2.34. The van der Waals surface area contributed by atoms with Gasteiger partial charge in [-0.2, -0.15) is 0 Å². The normalized spacial score (nSPS) is 15.7. The Morgan fingerprint density at radius 2 is 1.76 bits per heavy atom. The van der Waals surface area contributed by atoms with Gasteiger partial charge in [-0.05, 0) is 18.4 Å². The van der Waals surface area contributed by atoms with Gasteiger partial charge in [0.15, 0.2) is 5.69 Å². The van der Waals surface area contributed by atoms with Crippen molar-refractivity contribution >= 4 is 5.91 Å². The van der Waals surface area contributed by atoms with Crippen molar-refractivity contribution in [3.63, 3.8) is 0 Å². The molecule has 5 heteroatoms. The van der Waals surface area contributed by atoms with Gasteiger partial charge >= 0.3 is 0 Å². The van der Waals surface area contributed by atoms with Gasteiger partial charge in [0.05, 0.1) is 12.7 Å². The molecule has 1 aromatic carbocycles. The Morgan fingerprint density at radius 1 is 1.05 bits per heavy atom. The SMILES string of the molecule is O=C(c1cn(Cc2ccccc2)nn1)N1CCCCCC1. The molecule has 1 aliphatic rings. The van der Waals surface area contributed by atoms with Crippen molar-refractivity contribution in [3.05, 3.63) is 47.8 Å². The van der Waals surface area contributed by atoms with Crippen LogP contribution in [0.4, 0.5) is 0 Å². The lowest BCUT2D eigenvalue weighted by molar-refractivity contribution is 0.0755. The highest BCUT2D eigenvalue weighted by atomic mass is 16.2. The van der Waals surface area contributed by atoms with Crippen LogP contribution >= 0.6 is 0 Å². The molecule has 21 heavy (non-hydrogen) atoms. The van der Waals surface area contributed by atoms with Gasteiger partial charge in [-0.3, -0.25) is 4.79 Å². The van der Waals surface area contributed by atoms with Crippen LogP contribution in [0, 0.1) is 0 Å². The zero-order chi connectivity index (χ0) is 14.5. The summed E-state index contributed by atoms with van der Waals surface area (Å²) in [6.07, 6.45) is 6.35. The smallest absolute Gasteiger partial charge is 0.276 e. The largest absolute Gasteiger partial charge is 0.337 e. The third-order valence-electron chi connectivity index (χ3n) is 3.84. The Balaban J connectivity index is 1.67. The zero-order valence-corrected chi connectivity index (χ0v) is 12.1. The van der Waals surface area contributed by atoms with Crippen molar-refractivity contribution in [1.82, 2.24) is 19.9 Å². The Labute approximate surface area is 124 Å². The van der Waals surface area contributed by atoms with Gasteiger partial charge in [-0.25, -0.2) is 4.68 Å². The van der Waals surface area contributed by atoms with Crippen LogP contribution in [0.1, 0.15) is 41.7 Å². The van der Waals surface area contributed by atoms with Gasteiger partial charge in [-0.15, -0.1) is 5.10 Å². The third-order valence-corrected chi connectivity index (χ3v) is 3.84. The van der Waals surface area contributed by atoms with E-state index in [9.17, 15) is 4.79 Å². The van der Waals surface area contributed by atoms with Crippen molar-refractivity contribution in [3.8, 4) is 0 Å². The second-order valence-electron chi connectivity index (χ2n) is 5.49. The zero-order valence-electron chi connectivity index (χ0n) is 12.1. The van der Waals surface area contributed by atoms with Crippen molar-refractivity contribution in [2.24, 2.45) is 0 Å². The summed E-state index contributed by atoms with van der Waals surface area (Å²) in [6, 6.07) is 10.1. The monoisotopic (exact) mass is 284 g/mol. The summed E-state index contributed by atoms with van der Waals surface area (Å²) in [6.45, 7) is 2.32. The average molecular weight is 284 g/mol. The van der Waals surface area contributed by atoms with E-state index in [-0.39, 0.29) is 5.91 Å². The number of aromatic nitrogens is 3. The molecular weight excluding hydrogens is 264 g/mol. The van der Waals surface area contributed by atoms with E-state index < -0.39 is 0 Å². The maximum absolute atomic E-state index is 12.4. The summed E-state index contributed by atoms with van der Waals surface area (Å²) in [5.41, 5.74) is 1.60. The molecule has 0 aliphatic carbocycles. The lowest BCUT2D eigenvalue weighted by atomic mass is 10.2. The molecule has 5 nitrogen and oxygen atoms in total. The first kappa shape index (κ1) is 13.8. The number of hydrogen-bond acceptors (Lipinski definition) is 3. The lowest BCUT2D eigenvalue weighted by Gasteiger charge is -2.18. The standard InChI is InChI=1S/C16H20N4O/c21-16(19-10-6-1-2-7-11-19)15-13-20(18-17-15)12-14-8-4-3-5-9-14/h3-5,8-9,13H,1-2,6-7,10-12H2. The quantitative estimate of drug-likeness (QED) is 0.869. The number of benzene rings is 1. The minimum atomic E-state index is 0.0104. The van der Waals surface area contributed by atoms with Gasteiger partial charge in [0.25, 0.3) is 5.91 Å². The Kier molecular flexibility index (Phi) is 4.28. The van der Waals surface area contributed by atoms with Crippen molar-refractivity contribution in [2.45, 2.75) is 32.2 Å². The summed E-state index contributed by atoms with van der Waals surface area (Å²) < 4.78 is 1.72. The molecule has 0 N–H and O–H groups in total. The van der Waals surface area contributed by atoms with Crippen LogP contribution < -0.4 is 0 Å². The molecule has 110 valence electrons. The van der Waals surface area contributed by atoms with Gasteiger partial charge < -0.3 is 4.90 Å². The second-order valence-corrected chi connectivity index (χ2v) is 5.49. The maximum atomic E-state index is 12.4. The molecule has 0 bridgehead atoms. The summed E-state index contributed by atoms with van der Waals surface area (Å²) in [4.78, 5) is 14.3. The molecule has 3 rings (SSSR count). The van der Waals surface area contributed by atoms with Crippen LogP contribution in [0.2, 0.25) is 0 Å². The fraction of sp³-hybridized carbons (Fsp3) is 0.438. The molecule has 1 amide bonds. The lowest BCUT2D eigenvalue weighted by Crippen LogP contribution is -2.32. The van der Waals surface area contributed by atoms with Crippen LogP contribution in [0.25, 0.3) is 0 Å². The van der Waals surface area contributed by atoms with E-state index in [2.05, 4.69) is 10.3 Å². The Bertz CT molecular complexity index is 585. The third kappa shape index (κ3) is 3.48. The molecule has 2 heterocycles. The predicted molar refractivity (Wildman–Crippen MR) is 79.9 cm³/mol. The summed E-state index contributed by atoms with van der Waals surface area (Å²) in [5, 5.41) is 8.11. The van der Waals surface area contributed by atoms with Gasteiger partial charge in [0.1, 0.15) is 0 Å². The minimum Gasteiger partial charge on any atom is -0.337 e. The number of rotatable bonds is 3. The van der Waals surface area contributed by atoms with Crippen LogP contribution in [0.15, 0.2) is 36.5 Å². The highest BCUT2D eigenvalue weighted by Crippen LogP contribution is 2.12. The van der Waals surface area contributed by atoms with Crippen LogP contribution in [-0.2, 0) is 6.54 Å². The molecule has 1 saturated heterocycles.